The summed E-state index contributed by atoms with van der Waals surface area (Å²) in [5, 5.41) is 0. The first kappa shape index (κ1) is 19.1. The van der Waals surface area contributed by atoms with Crippen molar-refractivity contribution in [2.45, 2.75) is 38.0 Å². The monoisotopic (exact) mass is 382 g/mol. The summed E-state index contributed by atoms with van der Waals surface area (Å²) in [6.07, 6.45) is -3.07. The molecule has 2 aliphatic heterocycles. The Labute approximate surface area is 154 Å². The zero-order valence-electron chi connectivity index (χ0n) is 14.6. The van der Waals surface area contributed by atoms with Crippen molar-refractivity contribution in [2.75, 3.05) is 19.7 Å². The number of likely N-dealkylation sites (tertiary alicyclic amines) is 1. The molecule has 9 heteroatoms. The number of hydrogen-bond donors (Lipinski definition) is 0. The average Bonchev–Trinajstić information content (AvgIpc) is 3.08. The quantitative estimate of drug-likeness (QED) is 0.726. The van der Waals surface area contributed by atoms with Crippen molar-refractivity contribution in [3.05, 3.63) is 35.9 Å². The number of carbonyl (C=O) groups excluding carboxylic acids is 3. The van der Waals surface area contributed by atoms with Gasteiger partial charge in [0.05, 0.1) is 0 Å². The number of carbonyl (C=O) groups is 3. The van der Waals surface area contributed by atoms with Crippen molar-refractivity contribution in [2.24, 2.45) is 0 Å². The van der Waals surface area contributed by atoms with Crippen LogP contribution in [0.25, 0.3) is 0 Å². The van der Waals surface area contributed by atoms with Gasteiger partial charge in [-0.25, -0.2) is 9.59 Å². The van der Waals surface area contributed by atoms with Crippen LogP contribution >= 0.6 is 0 Å². The van der Waals surface area contributed by atoms with Gasteiger partial charge in [-0.2, -0.15) is 8.78 Å². The van der Waals surface area contributed by atoms with E-state index in [9.17, 15) is 23.2 Å². The maximum atomic E-state index is 12.5. The largest absolute Gasteiger partial charge is 0.459 e. The Morgan fingerprint density at radius 2 is 1.85 bits per heavy atom. The maximum Gasteiger partial charge on any atom is 0.410 e. The first-order valence-electron chi connectivity index (χ1n) is 8.70. The number of rotatable bonds is 5. The van der Waals surface area contributed by atoms with Crippen molar-refractivity contribution in [3.8, 4) is 0 Å². The fraction of sp³-hybridized carbons (Fsp3) is 0.500. The van der Waals surface area contributed by atoms with Gasteiger partial charge < -0.3 is 14.4 Å². The summed E-state index contributed by atoms with van der Waals surface area (Å²) in [5.74, 6) is -1.79. The third kappa shape index (κ3) is 4.35. The highest BCUT2D eigenvalue weighted by molar-refractivity contribution is 5.84. The molecule has 2 amide bonds. The fourth-order valence-corrected chi connectivity index (χ4v) is 3.34. The molecule has 1 aromatic rings. The molecule has 0 bridgehead atoms. The second-order valence-corrected chi connectivity index (χ2v) is 6.45. The minimum atomic E-state index is -3.04. The van der Waals surface area contributed by atoms with Crippen molar-refractivity contribution in [1.82, 2.24) is 9.80 Å². The molecule has 3 rings (SSSR count). The molecule has 2 saturated heterocycles. The molecular weight excluding hydrogens is 362 g/mol. The van der Waals surface area contributed by atoms with E-state index in [-0.39, 0.29) is 32.3 Å². The lowest BCUT2D eigenvalue weighted by atomic mass is 10.0. The molecule has 0 spiro atoms. The van der Waals surface area contributed by atoms with Crippen LogP contribution < -0.4 is 0 Å². The number of hydrogen-bond acceptors (Lipinski definition) is 5. The highest BCUT2D eigenvalue weighted by Gasteiger charge is 2.44. The number of halogens is 2. The lowest BCUT2D eigenvalue weighted by Crippen LogP contribution is -2.52. The molecule has 146 valence electrons. The number of esters is 1. The molecule has 2 heterocycles. The van der Waals surface area contributed by atoms with Crippen molar-refractivity contribution in [1.29, 1.82) is 0 Å². The van der Waals surface area contributed by atoms with E-state index in [0.717, 1.165) is 10.5 Å². The smallest absolute Gasteiger partial charge is 0.410 e. The van der Waals surface area contributed by atoms with Gasteiger partial charge in [-0.05, 0) is 18.4 Å². The minimum Gasteiger partial charge on any atom is -0.459 e. The van der Waals surface area contributed by atoms with Gasteiger partial charge in [0.15, 0.2) is 6.04 Å². The predicted octanol–water partition coefficient (Wildman–Crippen LogP) is 1.81. The fourth-order valence-electron chi connectivity index (χ4n) is 3.34. The van der Waals surface area contributed by atoms with Crippen LogP contribution in [0.2, 0.25) is 0 Å². The van der Waals surface area contributed by atoms with E-state index in [1.165, 1.54) is 4.90 Å². The van der Waals surface area contributed by atoms with E-state index < -0.39 is 30.4 Å². The molecule has 2 aliphatic rings. The normalized spacial score (nSPS) is 20.7. The van der Waals surface area contributed by atoms with Crippen LogP contribution in [-0.4, -0.2) is 66.0 Å². The number of cyclic esters (lactones) is 1. The van der Waals surface area contributed by atoms with E-state index >= 15 is 0 Å². The molecule has 7 nitrogen and oxygen atoms in total. The van der Waals surface area contributed by atoms with E-state index in [0.29, 0.717) is 12.8 Å². The molecule has 1 aromatic carbocycles. The highest BCUT2D eigenvalue weighted by atomic mass is 19.3. The number of amides is 2. The van der Waals surface area contributed by atoms with E-state index in [2.05, 4.69) is 0 Å². The number of ether oxygens (including phenoxy) is 2. The summed E-state index contributed by atoms with van der Waals surface area (Å²) in [5.41, 5.74) is 0.821. The van der Waals surface area contributed by atoms with Gasteiger partial charge in [0.1, 0.15) is 13.2 Å². The third-order valence-corrected chi connectivity index (χ3v) is 4.76. The first-order chi connectivity index (χ1) is 13.0. The van der Waals surface area contributed by atoms with Crippen molar-refractivity contribution >= 4 is 18.0 Å². The summed E-state index contributed by atoms with van der Waals surface area (Å²) in [4.78, 5) is 38.3. The molecule has 27 heavy (non-hydrogen) atoms. The highest BCUT2D eigenvalue weighted by Crippen LogP contribution is 2.25. The van der Waals surface area contributed by atoms with Gasteiger partial charge in [0, 0.05) is 19.1 Å². The molecule has 0 N–H and O–H groups in total. The summed E-state index contributed by atoms with van der Waals surface area (Å²) in [6, 6.07) is 7.90. The number of benzene rings is 1. The summed E-state index contributed by atoms with van der Waals surface area (Å²) < 4.78 is 35.4. The molecule has 0 radical (unpaired) electrons. The molecule has 2 fully saturated rings. The molecule has 0 aliphatic carbocycles. The zero-order chi connectivity index (χ0) is 19.4. The molecule has 1 unspecified atom stereocenters. The van der Waals surface area contributed by atoms with Gasteiger partial charge in [0.25, 0.3) is 5.91 Å². The Morgan fingerprint density at radius 1 is 1.19 bits per heavy atom. The average molecular weight is 382 g/mol. The van der Waals surface area contributed by atoms with Crippen LogP contribution in [0.1, 0.15) is 18.4 Å². The Morgan fingerprint density at radius 3 is 2.48 bits per heavy atom. The summed E-state index contributed by atoms with van der Waals surface area (Å²) in [7, 11) is 0. The Balaban J connectivity index is 1.58. The van der Waals surface area contributed by atoms with E-state index in [1.54, 1.807) is 0 Å². The van der Waals surface area contributed by atoms with Gasteiger partial charge in [-0.1, -0.05) is 30.3 Å². The van der Waals surface area contributed by atoms with Crippen molar-refractivity contribution < 1.29 is 32.6 Å². The molecule has 0 saturated carbocycles. The predicted molar refractivity (Wildman–Crippen MR) is 88.8 cm³/mol. The van der Waals surface area contributed by atoms with Crippen LogP contribution in [0, 0.1) is 0 Å². The van der Waals surface area contributed by atoms with Crippen LogP contribution in [0.5, 0.6) is 0 Å². The van der Waals surface area contributed by atoms with Crippen LogP contribution in [0.15, 0.2) is 30.3 Å². The van der Waals surface area contributed by atoms with Gasteiger partial charge in [-0.3, -0.25) is 9.69 Å². The Bertz CT molecular complexity index is 692. The Hall–Kier alpha value is -2.71. The second kappa shape index (κ2) is 8.32. The standard InChI is InChI=1S/C18H20F2N2O5/c19-15(20)16(23)21-8-6-13(7-9-21)22-14(11-27-18(22)25)17(24)26-10-12-4-2-1-3-5-12/h1-5,13-15H,6-11H2. The Kier molecular flexibility index (Phi) is 5.88. The topological polar surface area (TPSA) is 76.2 Å². The van der Waals surface area contributed by atoms with E-state index in [1.807, 2.05) is 30.3 Å². The molecular formula is C18H20F2N2O5. The van der Waals surface area contributed by atoms with E-state index in [4.69, 9.17) is 9.47 Å². The number of nitrogens with zero attached hydrogens (tertiary/aromatic N) is 2. The SMILES string of the molecule is O=C(OCc1ccccc1)C1COC(=O)N1C1CCN(C(=O)C(F)F)CC1. The summed E-state index contributed by atoms with van der Waals surface area (Å²) >= 11 is 0. The van der Waals surface area contributed by atoms with Gasteiger partial charge in [0.2, 0.25) is 0 Å². The van der Waals surface area contributed by atoms with Crippen LogP contribution in [0.4, 0.5) is 13.6 Å². The number of alkyl halides is 2. The van der Waals surface area contributed by atoms with Crippen molar-refractivity contribution in [3.63, 3.8) is 0 Å². The zero-order valence-corrected chi connectivity index (χ0v) is 14.6. The lowest BCUT2D eigenvalue weighted by Gasteiger charge is -2.37. The van der Waals surface area contributed by atoms with Crippen LogP contribution in [-0.2, 0) is 25.7 Å². The number of piperidine rings is 1. The summed E-state index contributed by atoms with van der Waals surface area (Å²) in [6.45, 7) is 0.176. The molecule has 1 atom stereocenters. The van der Waals surface area contributed by atoms with Gasteiger partial charge >= 0.3 is 18.5 Å². The lowest BCUT2D eigenvalue weighted by molar-refractivity contribution is -0.151. The van der Waals surface area contributed by atoms with Crippen LogP contribution in [0.3, 0.4) is 0 Å². The van der Waals surface area contributed by atoms with Gasteiger partial charge in [-0.15, -0.1) is 0 Å². The third-order valence-electron chi connectivity index (χ3n) is 4.76. The maximum absolute atomic E-state index is 12.5. The second-order valence-electron chi connectivity index (χ2n) is 6.45. The molecule has 0 aromatic heterocycles. The minimum absolute atomic E-state index is 0.0829. The first-order valence-corrected chi connectivity index (χ1v) is 8.70.